The Morgan fingerprint density at radius 3 is 2.70 bits per heavy atom. The molecule has 5 heteroatoms. The number of carbonyl (C=O) groups excluding carboxylic acids is 1. The van der Waals surface area contributed by atoms with Crippen LogP contribution in [-0.4, -0.2) is 17.5 Å². The zero-order chi connectivity index (χ0) is 16.2. The van der Waals surface area contributed by atoms with E-state index in [0.717, 1.165) is 10.2 Å². The minimum atomic E-state index is -0.209. The highest BCUT2D eigenvalue weighted by Crippen LogP contribution is 2.31. The number of aromatic nitrogens is 1. The van der Waals surface area contributed by atoms with Crippen molar-refractivity contribution in [1.29, 1.82) is 0 Å². The minimum Gasteiger partial charge on any atom is -0.484 e. The average Bonchev–Trinajstić information content (AvgIpc) is 2.95. The van der Waals surface area contributed by atoms with Crippen molar-refractivity contribution >= 4 is 32.6 Å². The van der Waals surface area contributed by atoms with Crippen LogP contribution in [0.1, 0.15) is 25.3 Å². The fourth-order valence-corrected chi connectivity index (χ4v) is 3.23. The normalized spacial score (nSPS) is 10.9. The summed E-state index contributed by atoms with van der Waals surface area (Å²) in [6, 6.07) is 15.4. The lowest BCUT2D eigenvalue weighted by Gasteiger charge is -2.05. The van der Waals surface area contributed by atoms with Crippen LogP contribution >= 0.6 is 11.3 Å². The quantitative estimate of drug-likeness (QED) is 0.754. The van der Waals surface area contributed by atoms with Crippen LogP contribution < -0.4 is 10.1 Å². The van der Waals surface area contributed by atoms with Gasteiger partial charge in [0.25, 0.3) is 5.91 Å². The molecule has 0 unspecified atom stereocenters. The first-order valence-electron chi connectivity index (χ1n) is 7.50. The lowest BCUT2D eigenvalue weighted by atomic mass is 10.0. The maximum absolute atomic E-state index is 12.0. The summed E-state index contributed by atoms with van der Waals surface area (Å²) in [6.45, 7) is 4.25. The summed E-state index contributed by atoms with van der Waals surface area (Å²) in [5.41, 5.74) is 2.16. The number of thiazole rings is 1. The van der Waals surface area contributed by atoms with Gasteiger partial charge in [-0.1, -0.05) is 55.5 Å². The number of para-hydroxylation sites is 2. The SMILES string of the molecule is CC(C)c1cccc2sc(NC(=O)COc3ccccc3)nc12. The molecule has 0 atom stereocenters. The summed E-state index contributed by atoms with van der Waals surface area (Å²) in [7, 11) is 0. The Morgan fingerprint density at radius 2 is 1.96 bits per heavy atom. The number of benzene rings is 2. The molecule has 0 bridgehead atoms. The molecule has 3 aromatic rings. The second-order valence-electron chi connectivity index (χ2n) is 5.52. The van der Waals surface area contributed by atoms with Crippen molar-refractivity contribution in [2.45, 2.75) is 19.8 Å². The third-order valence-corrected chi connectivity index (χ3v) is 4.37. The standard InChI is InChI=1S/C18H18N2O2S/c1-12(2)14-9-6-10-15-17(14)20-18(23-15)19-16(21)11-22-13-7-4-3-5-8-13/h3-10,12H,11H2,1-2H3,(H,19,20,21). The summed E-state index contributed by atoms with van der Waals surface area (Å²) < 4.78 is 6.52. The number of hydrogen-bond donors (Lipinski definition) is 1. The van der Waals surface area contributed by atoms with Crippen molar-refractivity contribution in [3.8, 4) is 5.75 Å². The molecule has 23 heavy (non-hydrogen) atoms. The molecule has 0 radical (unpaired) electrons. The highest BCUT2D eigenvalue weighted by molar-refractivity contribution is 7.22. The molecule has 4 nitrogen and oxygen atoms in total. The van der Waals surface area contributed by atoms with E-state index in [1.54, 1.807) is 0 Å². The average molecular weight is 326 g/mol. The first-order valence-corrected chi connectivity index (χ1v) is 8.32. The van der Waals surface area contributed by atoms with Gasteiger partial charge in [-0.2, -0.15) is 0 Å². The van der Waals surface area contributed by atoms with Gasteiger partial charge < -0.3 is 4.74 Å². The molecule has 1 aromatic heterocycles. The second kappa shape index (κ2) is 6.79. The number of ether oxygens (including phenoxy) is 1. The number of anilines is 1. The minimum absolute atomic E-state index is 0.0308. The van der Waals surface area contributed by atoms with E-state index >= 15 is 0 Å². The molecular formula is C18H18N2O2S. The van der Waals surface area contributed by atoms with Gasteiger partial charge in [0, 0.05) is 0 Å². The van der Waals surface area contributed by atoms with Crippen LogP contribution in [0.2, 0.25) is 0 Å². The topological polar surface area (TPSA) is 51.2 Å². The Labute approximate surface area is 139 Å². The number of nitrogens with zero attached hydrogens (tertiary/aromatic N) is 1. The number of amides is 1. The molecule has 0 saturated heterocycles. The van der Waals surface area contributed by atoms with Gasteiger partial charge in [-0.25, -0.2) is 4.98 Å². The van der Waals surface area contributed by atoms with E-state index in [4.69, 9.17) is 4.74 Å². The number of hydrogen-bond acceptors (Lipinski definition) is 4. The van der Waals surface area contributed by atoms with Crippen molar-refractivity contribution in [2.75, 3.05) is 11.9 Å². The van der Waals surface area contributed by atoms with Gasteiger partial charge >= 0.3 is 0 Å². The van der Waals surface area contributed by atoms with Crippen LogP contribution in [-0.2, 0) is 4.79 Å². The Hall–Kier alpha value is -2.40. The van der Waals surface area contributed by atoms with Crippen LogP contribution in [0.5, 0.6) is 5.75 Å². The molecule has 1 heterocycles. The van der Waals surface area contributed by atoms with Crippen LogP contribution in [0.4, 0.5) is 5.13 Å². The van der Waals surface area contributed by atoms with Gasteiger partial charge in [0.1, 0.15) is 5.75 Å². The fraction of sp³-hybridized carbons (Fsp3) is 0.222. The largest absolute Gasteiger partial charge is 0.484 e. The summed E-state index contributed by atoms with van der Waals surface area (Å²) in [5, 5.41) is 3.42. The number of fused-ring (bicyclic) bond motifs is 1. The summed E-state index contributed by atoms with van der Waals surface area (Å²) >= 11 is 1.48. The molecule has 0 aliphatic carbocycles. The zero-order valence-electron chi connectivity index (χ0n) is 13.1. The van der Waals surface area contributed by atoms with Gasteiger partial charge in [-0.05, 0) is 29.7 Å². The number of nitrogens with one attached hydrogen (secondary N) is 1. The molecule has 3 rings (SSSR count). The predicted molar refractivity (Wildman–Crippen MR) is 94.3 cm³/mol. The van der Waals surface area contributed by atoms with Crippen molar-refractivity contribution in [2.24, 2.45) is 0 Å². The van der Waals surface area contributed by atoms with Crippen LogP contribution in [0.3, 0.4) is 0 Å². The van der Waals surface area contributed by atoms with Gasteiger partial charge in [0.05, 0.1) is 10.2 Å². The van der Waals surface area contributed by atoms with Crippen LogP contribution in [0.25, 0.3) is 10.2 Å². The second-order valence-corrected chi connectivity index (χ2v) is 6.55. The third kappa shape index (κ3) is 3.68. The van der Waals surface area contributed by atoms with Crippen molar-refractivity contribution in [1.82, 2.24) is 4.98 Å². The van der Waals surface area contributed by atoms with E-state index in [0.29, 0.717) is 16.8 Å². The summed E-state index contributed by atoms with van der Waals surface area (Å²) in [4.78, 5) is 16.6. The third-order valence-electron chi connectivity index (χ3n) is 3.43. The van der Waals surface area contributed by atoms with Gasteiger partial charge in [0.2, 0.25) is 0 Å². The fourth-order valence-electron chi connectivity index (χ4n) is 2.31. The molecule has 0 aliphatic rings. The maximum Gasteiger partial charge on any atom is 0.264 e. The van der Waals surface area contributed by atoms with Crippen LogP contribution in [0.15, 0.2) is 48.5 Å². The van der Waals surface area contributed by atoms with Gasteiger partial charge in [0.15, 0.2) is 11.7 Å². The van der Waals surface area contributed by atoms with E-state index in [9.17, 15) is 4.79 Å². The maximum atomic E-state index is 12.0. The van der Waals surface area contributed by atoms with E-state index in [-0.39, 0.29) is 12.5 Å². The Kier molecular flexibility index (Phi) is 4.57. The molecule has 2 aromatic carbocycles. The number of rotatable bonds is 5. The van der Waals surface area contributed by atoms with E-state index in [1.807, 2.05) is 42.5 Å². The molecular weight excluding hydrogens is 308 g/mol. The van der Waals surface area contributed by atoms with Gasteiger partial charge in [-0.3, -0.25) is 10.1 Å². The molecule has 1 amide bonds. The molecule has 0 fully saturated rings. The van der Waals surface area contributed by atoms with Crippen LogP contribution in [0, 0.1) is 0 Å². The highest BCUT2D eigenvalue weighted by atomic mass is 32.1. The molecule has 118 valence electrons. The molecule has 1 N–H and O–H groups in total. The van der Waals surface area contributed by atoms with Gasteiger partial charge in [-0.15, -0.1) is 0 Å². The predicted octanol–water partition coefficient (Wildman–Crippen LogP) is 4.44. The smallest absolute Gasteiger partial charge is 0.264 e. The van der Waals surface area contributed by atoms with E-state index in [2.05, 4.69) is 30.2 Å². The lowest BCUT2D eigenvalue weighted by Crippen LogP contribution is -2.19. The first-order chi connectivity index (χ1) is 11.1. The molecule has 0 aliphatic heterocycles. The number of carbonyl (C=O) groups is 1. The Morgan fingerprint density at radius 1 is 1.17 bits per heavy atom. The zero-order valence-corrected chi connectivity index (χ0v) is 13.9. The summed E-state index contributed by atoms with van der Waals surface area (Å²) in [5.74, 6) is 0.860. The Balaban J connectivity index is 1.69. The van der Waals surface area contributed by atoms with E-state index < -0.39 is 0 Å². The van der Waals surface area contributed by atoms with E-state index in [1.165, 1.54) is 16.9 Å². The van der Waals surface area contributed by atoms with Crippen molar-refractivity contribution in [3.63, 3.8) is 0 Å². The molecule has 0 spiro atoms. The van der Waals surface area contributed by atoms with Crippen molar-refractivity contribution < 1.29 is 9.53 Å². The molecule has 0 saturated carbocycles. The Bertz CT molecular complexity index is 812. The first kappa shape index (κ1) is 15.5. The lowest BCUT2D eigenvalue weighted by molar-refractivity contribution is -0.118. The highest BCUT2D eigenvalue weighted by Gasteiger charge is 2.12. The van der Waals surface area contributed by atoms with Crippen molar-refractivity contribution in [3.05, 3.63) is 54.1 Å². The monoisotopic (exact) mass is 326 g/mol. The summed E-state index contributed by atoms with van der Waals surface area (Å²) in [6.07, 6.45) is 0.